The minimum atomic E-state index is -0.404. The third-order valence-electron chi connectivity index (χ3n) is 5.03. The molecule has 0 aromatic heterocycles. The highest BCUT2D eigenvalue weighted by Gasteiger charge is 2.33. The average Bonchev–Trinajstić information content (AvgIpc) is 3.29. The van der Waals surface area contributed by atoms with Gasteiger partial charge < -0.3 is 24.6 Å². The van der Waals surface area contributed by atoms with Gasteiger partial charge in [-0.15, -0.1) is 0 Å². The molecule has 8 nitrogen and oxygen atoms in total. The molecule has 0 spiro atoms. The lowest BCUT2D eigenvalue weighted by molar-refractivity contribution is -0.140. The van der Waals surface area contributed by atoms with E-state index in [2.05, 4.69) is 5.32 Å². The number of piperazine rings is 1. The lowest BCUT2D eigenvalue weighted by Crippen LogP contribution is -2.54. The summed E-state index contributed by atoms with van der Waals surface area (Å²) < 4.78 is 10.6. The first-order valence-electron chi connectivity index (χ1n) is 8.84. The number of ether oxygens (including phenoxy) is 2. The van der Waals surface area contributed by atoms with Crippen LogP contribution in [-0.2, 0) is 20.8 Å². The maximum absolute atomic E-state index is 12.5. The monoisotopic (exact) mass is 359 g/mol. The maximum atomic E-state index is 12.5. The van der Waals surface area contributed by atoms with Crippen LogP contribution >= 0.6 is 0 Å². The lowest BCUT2D eigenvalue weighted by Gasteiger charge is -2.36. The molecule has 3 amide bonds. The summed E-state index contributed by atoms with van der Waals surface area (Å²) in [7, 11) is 0. The minimum absolute atomic E-state index is 0.0325. The van der Waals surface area contributed by atoms with Crippen LogP contribution in [0.2, 0.25) is 0 Å². The molecule has 26 heavy (non-hydrogen) atoms. The third kappa shape index (κ3) is 3.31. The smallest absolute Gasteiger partial charge is 0.245 e. The van der Waals surface area contributed by atoms with Gasteiger partial charge in [-0.2, -0.15) is 0 Å². The average molecular weight is 359 g/mol. The molecule has 2 fully saturated rings. The highest BCUT2D eigenvalue weighted by atomic mass is 16.7. The standard InChI is InChI=1S/C18H21N3O5/c22-16-4-2-13(19-16)18(24)21-7-5-20(6-8-21)17(23)10-12-1-3-14-15(9-12)26-11-25-14/h1,3,9,13H,2,4-8,10-11H2,(H,19,22). The van der Waals surface area contributed by atoms with E-state index in [1.165, 1.54) is 0 Å². The fraction of sp³-hybridized carbons (Fsp3) is 0.500. The van der Waals surface area contributed by atoms with Crippen molar-refractivity contribution in [3.05, 3.63) is 23.8 Å². The number of carbonyl (C=O) groups is 3. The van der Waals surface area contributed by atoms with Crippen molar-refractivity contribution in [1.82, 2.24) is 15.1 Å². The molecule has 3 aliphatic heterocycles. The molecule has 1 unspecified atom stereocenters. The topological polar surface area (TPSA) is 88.2 Å². The fourth-order valence-corrected chi connectivity index (χ4v) is 3.53. The molecule has 0 saturated carbocycles. The maximum Gasteiger partial charge on any atom is 0.245 e. The molecule has 0 radical (unpaired) electrons. The Morgan fingerprint density at radius 3 is 2.54 bits per heavy atom. The molecular formula is C18H21N3O5. The summed E-state index contributed by atoms with van der Waals surface area (Å²) in [4.78, 5) is 39.7. The Hall–Kier alpha value is -2.77. The second-order valence-corrected chi connectivity index (χ2v) is 6.73. The van der Waals surface area contributed by atoms with Gasteiger partial charge in [-0.25, -0.2) is 0 Å². The Bertz CT molecular complexity index is 742. The Kier molecular flexibility index (Phi) is 4.40. The summed E-state index contributed by atoms with van der Waals surface area (Å²) in [5, 5.41) is 2.71. The van der Waals surface area contributed by atoms with Gasteiger partial charge >= 0.3 is 0 Å². The number of hydrogen-bond acceptors (Lipinski definition) is 5. The van der Waals surface area contributed by atoms with Crippen LogP contribution in [0.3, 0.4) is 0 Å². The first-order valence-corrected chi connectivity index (χ1v) is 8.84. The van der Waals surface area contributed by atoms with Crippen molar-refractivity contribution >= 4 is 17.7 Å². The minimum Gasteiger partial charge on any atom is -0.454 e. The normalized spacial score (nSPS) is 21.7. The van der Waals surface area contributed by atoms with Crippen molar-refractivity contribution in [1.29, 1.82) is 0 Å². The van der Waals surface area contributed by atoms with E-state index in [4.69, 9.17) is 9.47 Å². The molecule has 1 atom stereocenters. The zero-order valence-electron chi connectivity index (χ0n) is 14.4. The van der Waals surface area contributed by atoms with E-state index >= 15 is 0 Å². The number of hydrogen-bond donors (Lipinski definition) is 1. The number of nitrogens with one attached hydrogen (secondary N) is 1. The summed E-state index contributed by atoms with van der Waals surface area (Å²) in [6, 6.07) is 5.12. The summed E-state index contributed by atoms with van der Waals surface area (Å²) in [5.41, 5.74) is 0.881. The van der Waals surface area contributed by atoms with Crippen LogP contribution in [0.25, 0.3) is 0 Å². The summed E-state index contributed by atoms with van der Waals surface area (Å²) in [6.45, 7) is 2.23. The van der Waals surface area contributed by atoms with Gasteiger partial charge in [0.2, 0.25) is 24.5 Å². The summed E-state index contributed by atoms with van der Waals surface area (Å²) in [5.74, 6) is 1.29. The Balaban J connectivity index is 1.29. The Morgan fingerprint density at radius 2 is 1.81 bits per heavy atom. The van der Waals surface area contributed by atoms with Gasteiger partial charge in [0.25, 0.3) is 0 Å². The largest absolute Gasteiger partial charge is 0.454 e. The van der Waals surface area contributed by atoms with Crippen molar-refractivity contribution in [2.75, 3.05) is 33.0 Å². The summed E-state index contributed by atoms with van der Waals surface area (Å²) >= 11 is 0. The van der Waals surface area contributed by atoms with Crippen LogP contribution in [0, 0.1) is 0 Å². The molecule has 1 aromatic carbocycles. The van der Waals surface area contributed by atoms with Gasteiger partial charge in [0.05, 0.1) is 6.42 Å². The molecule has 0 aliphatic carbocycles. The van der Waals surface area contributed by atoms with Gasteiger partial charge in [0.15, 0.2) is 11.5 Å². The molecule has 3 heterocycles. The van der Waals surface area contributed by atoms with E-state index in [1.54, 1.807) is 9.80 Å². The number of amides is 3. The van der Waals surface area contributed by atoms with Crippen LogP contribution in [-0.4, -0.2) is 66.5 Å². The molecule has 0 bridgehead atoms. The first kappa shape index (κ1) is 16.7. The molecular weight excluding hydrogens is 338 g/mol. The van der Waals surface area contributed by atoms with Gasteiger partial charge in [-0.3, -0.25) is 14.4 Å². The van der Waals surface area contributed by atoms with Crippen molar-refractivity contribution in [3.8, 4) is 11.5 Å². The molecule has 138 valence electrons. The van der Waals surface area contributed by atoms with E-state index in [0.29, 0.717) is 56.9 Å². The van der Waals surface area contributed by atoms with Crippen molar-refractivity contribution in [2.45, 2.75) is 25.3 Å². The number of nitrogens with zero attached hydrogens (tertiary/aromatic N) is 2. The molecule has 2 saturated heterocycles. The number of rotatable bonds is 3. The van der Waals surface area contributed by atoms with E-state index in [9.17, 15) is 14.4 Å². The number of carbonyl (C=O) groups excluding carboxylic acids is 3. The van der Waals surface area contributed by atoms with Gasteiger partial charge in [0.1, 0.15) is 6.04 Å². The highest BCUT2D eigenvalue weighted by molar-refractivity contribution is 5.91. The Morgan fingerprint density at radius 1 is 1.08 bits per heavy atom. The van der Waals surface area contributed by atoms with E-state index < -0.39 is 6.04 Å². The lowest BCUT2D eigenvalue weighted by atomic mass is 10.1. The van der Waals surface area contributed by atoms with Crippen LogP contribution in [0.15, 0.2) is 18.2 Å². The van der Waals surface area contributed by atoms with Crippen LogP contribution in [0.1, 0.15) is 18.4 Å². The second kappa shape index (κ2) is 6.86. The highest BCUT2D eigenvalue weighted by Crippen LogP contribution is 2.32. The van der Waals surface area contributed by atoms with Gasteiger partial charge in [-0.05, 0) is 24.1 Å². The van der Waals surface area contributed by atoms with E-state index in [1.807, 2.05) is 18.2 Å². The first-order chi connectivity index (χ1) is 12.6. The molecule has 8 heteroatoms. The van der Waals surface area contributed by atoms with Crippen molar-refractivity contribution in [3.63, 3.8) is 0 Å². The van der Waals surface area contributed by atoms with Gasteiger partial charge in [-0.1, -0.05) is 6.07 Å². The van der Waals surface area contributed by atoms with Crippen LogP contribution < -0.4 is 14.8 Å². The fourth-order valence-electron chi connectivity index (χ4n) is 3.53. The predicted molar refractivity (Wildman–Crippen MR) is 90.6 cm³/mol. The van der Waals surface area contributed by atoms with Crippen molar-refractivity contribution in [2.24, 2.45) is 0 Å². The second-order valence-electron chi connectivity index (χ2n) is 6.73. The SMILES string of the molecule is O=C1CCC(C(=O)N2CCN(C(=O)Cc3ccc4c(c3)OCO4)CC2)N1. The number of benzene rings is 1. The predicted octanol–water partition coefficient (Wildman–Crippen LogP) is -0.0928. The number of fused-ring (bicyclic) bond motifs is 1. The molecule has 1 aromatic rings. The van der Waals surface area contributed by atoms with Crippen molar-refractivity contribution < 1.29 is 23.9 Å². The van der Waals surface area contributed by atoms with Crippen LogP contribution in [0.5, 0.6) is 11.5 Å². The Labute approximate surface area is 151 Å². The van der Waals surface area contributed by atoms with E-state index in [0.717, 1.165) is 5.56 Å². The zero-order valence-corrected chi connectivity index (χ0v) is 14.4. The molecule has 1 N–H and O–H groups in total. The van der Waals surface area contributed by atoms with E-state index in [-0.39, 0.29) is 24.5 Å². The quantitative estimate of drug-likeness (QED) is 0.815. The zero-order chi connectivity index (χ0) is 18.1. The molecule has 3 aliphatic rings. The third-order valence-corrected chi connectivity index (χ3v) is 5.03. The van der Waals surface area contributed by atoms with Gasteiger partial charge in [0, 0.05) is 32.6 Å². The van der Waals surface area contributed by atoms with Crippen LogP contribution in [0.4, 0.5) is 0 Å². The summed E-state index contributed by atoms with van der Waals surface area (Å²) in [6.07, 6.45) is 1.26. The molecule has 4 rings (SSSR count).